The first kappa shape index (κ1) is 14.1. The normalized spacial score (nSPS) is 22.4. The molecule has 0 aromatic carbocycles. The van der Waals surface area contributed by atoms with Gasteiger partial charge < -0.3 is 10.6 Å². The molecule has 1 saturated heterocycles. The number of rotatable bonds is 2. The van der Waals surface area contributed by atoms with Crippen molar-refractivity contribution in [2.24, 2.45) is 11.7 Å². The number of piperidine rings is 1. The maximum atomic E-state index is 12.8. The largest absolute Gasteiger partial charge is 0.393 e. The zero-order valence-electron chi connectivity index (χ0n) is 10.8. The van der Waals surface area contributed by atoms with Crippen LogP contribution in [0.2, 0.25) is 0 Å². The molecule has 1 aromatic heterocycles. The molecule has 1 fully saturated rings. The van der Waals surface area contributed by atoms with Gasteiger partial charge in [0.15, 0.2) is 0 Å². The molecule has 2 heterocycles. The van der Waals surface area contributed by atoms with Crippen LogP contribution in [0.25, 0.3) is 0 Å². The summed E-state index contributed by atoms with van der Waals surface area (Å²) >= 11 is 0. The molecule has 1 aromatic rings. The van der Waals surface area contributed by atoms with Gasteiger partial charge in [0.1, 0.15) is 5.82 Å². The molecular weight excluding hydrogens is 255 g/mol. The van der Waals surface area contributed by atoms with E-state index in [-0.39, 0.29) is 19.0 Å². The fourth-order valence-corrected chi connectivity index (χ4v) is 2.34. The molecule has 1 aliphatic rings. The average Bonchev–Trinajstić information content (AvgIpc) is 2.38. The van der Waals surface area contributed by atoms with E-state index in [1.165, 1.54) is 0 Å². The number of pyridine rings is 1. The number of hydrogen-bond donors (Lipinski definition) is 1. The van der Waals surface area contributed by atoms with Crippen LogP contribution in [0.1, 0.15) is 31.4 Å². The molecule has 19 heavy (non-hydrogen) atoms. The van der Waals surface area contributed by atoms with Gasteiger partial charge in [-0.3, -0.25) is 0 Å². The molecular formula is C13H18F3N3. The summed E-state index contributed by atoms with van der Waals surface area (Å²) in [5, 5.41) is 0. The van der Waals surface area contributed by atoms with Crippen molar-refractivity contribution in [2.45, 2.75) is 32.0 Å². The van der Waals surface area contributed by atoms with Crippen LogP contribution in [-0.4, -0.2) is 24.2 Å². The summed E-state index contributed by atoms with van der Waals surface area (Å²) in [6, 6.07) is 3.42. The first-order valence-electron chi connectivity index (χ1n) is 6.41. The average molecular weight is 273 g/mol. The van der Waals surface area contributed by atoms with Gasteiger partial charge in [0.05, 0.1) is 5.92 Å². The van der Waals surface area contributed by atoms with Gasteiger partial charge in [-0.2, -0.15) is 13.2 Å². The lowest BCUT2D eigenvalue weighted by atomic mass is 9.97. The van der Waals surface area contributed by atoms with Crippen LogP contribution in [-0.2, 0) is 0 Å². The highest BCUT2D eigenvalue weighted by atomic mass is 19.4. The van der Waals surface area contributed by atoms with Crippen LogP contribution in [0, 0.1) is 5.92 Å². The summed E-state index contributed by atoms with van der Waals surface area (Å²) in [5.74, 6) is -0.675. The summed E-state index contributed by atoms with van der Waals surface area (Å²) in [6.07, 6.45) is -1.79. The minimum atomic E-state index is -4.13. The second-order valence-electron chi connectivity index (χ2n) is 5.06. The van der Waals surface area contributed by atoms with Crippen LogP contribution >= 0.6 is 0 Å². The molecule has 1 unspecified atom stereocenters. The molecule has 2 rings (SSSR count). The molecule has 0 radical (unpaired) electrons. The topological polar surface area (TPSA) is 42.1 Å². The summed E-state index contributed by atoms with van der Waals surface area (Å²) in [7, 11) is 0. The zero-order valence-corrected chi connectivity index (χ0v) is 10.8. The standard InChI is InChI=1S/C13H18F3N3/c1-9(17)10-4-5-18-12(7-10)19-6-2-3-11(8-19)13(14,15)16/h4-5,7,9,11H,2-3,6,8,17H2,1H3/t9-,11?/m1/s1. The lowest BCUT2D eigenvalue weighted by molar-refractivity contribution is -0.176. The van der Waals surface area contributed by atoms with Gasteiger partial charge in [-0.25, -0.2) is 4.98 Å². The van der Waals surface area contributed by atoms with Crippen molar-refractivity contribution >= 4 is 5.82 Å². The van der Waals surface area contributed by atoms with E-state index >= 15 is 0 Å². The van der Waals surface area contributed by atoms with E-state index in [0.29, 0.717) is 18.8 Å². The third-order valence-corrected chi connectivity index (χ3v) is 3.50. The smallest absolute Gasteiger partial charge is 0.356 e. The van der Waals surface area contributed by atoms with E-state index in [2.05, 4.69) is 4.98 Å². The van der Waals surface area contributed by atoms with E-state index in [9.17, 15) is 13.2 Å². The van der Waals surface area contributed by atoms with Crippen LogP contribution < -0.4 is 10.6 Å². The molecule has 106 valence electrons. The number of halogens is 3. The molecule has 0 saturated carbocycles. The van der Waals surface area contributed by atoms with Crippen LogP contribution in [0.5, 0.6) is 0 Å². The van der Waals surface area contributed by atoms with Crippen LogP contribution in [0.3, 0.4) is 0 Å². The van der Waals surface area contributed by atoms with E-state index in [1.54, 1.807) is 23.2 Å². The van der Waals surface area contributed by atoms with Crippen molar-refractivity contribution in [3.63, 3.8) is 0 Å². The Balaban J connectivity index is 2.15. The highest BCUT2D eigenvalue weighted by Crippen LogP contribution is 2.34. The molecule has 2 atom stereocenters. The van der Waals surface area contributed by atoms with E-state index in [4.69, 9.17) is 5.73 Å². The Morgan fingerprint density at radius 3 is 2.84 bits per heavy atom. The highest BCUT2D eigenvalue weighted by Gasteiger charge is 2.42. The number of hydrogen-bond acceptors (Lipinski definition) is 3. The molecule has 2 N–H and O–H groups in total. The maximum absolute atomic E-state index is 12.8. The molecule has 0 bridgehead atoms. The van der Waals surface area contributed by atoms with Crippen molar-refractivity contribution in [1.29, 1.82) is 0 Å². The number of nitrogens with two attached hydrogens (primary N) is 1. The Morgan fingerprint density at radius 1 is 1.47 bits per heavy atom. The SMILES string of the molecule is C[C@@H](N)c1ccnc(N2CCCC(C(F)(F)F)C2)c1. The summed E-state index contributed by atoms with van der Waals surface area (Å²) < 4.78 is 38.3. The first-order valence-corrected chi connectivity index (χ1v) is 6.41. The minimum Gasteiger partial charge on any atom is -0.356 e. The van der Waals surface area contributed by atoms with Gasteiger partial charge in [0.25, 0.3) is 0 Å². The Morgan fingerprint density at radius 2 is 2.21 bits per heavy atom. The summed E-state index contributed by atoms with van der Waals surface area (Å²) in [5.41, 5.74) is 6.67. The maximum Gasteiger partial charge on any atom is 0.393 e. The van der Waals surface area contributed by atoms with Crippen molar-refractivity contribution in [1.82, 2.24) is 4.98 Å². The fourth-order valence-electron chi connectivity index (χ4n) is 2.34. The second-order valence-corrected chi connectivity index (χ2v) is 5.06. The number of aromatic nitrogens is 1. The minimum absolute atomic E-state index is 0.0150. The number of anilines is 1. The van der Waals surface area contributed by atoms with Crippen molar-refractivity contribution in [3.8, 4) is 0 Å². The highest BCUT2D eigenvalue weighted by molar-refractivity contribution is 5.42. The lowest BCUT2D eigenvalue weighted by Crippen LogP contribution is -2.42. The molecule has 3 nitrogen and oxygen atoms in total. The quantitative estimate of drug-likeness (QED) is 0.901. The summed E-state index contributed by atoms with van der Waals surface area (Å²) in [4.78, 5) is 5.87. The predicted octanol–water partition coefficient (Wildman–Crippen LogP) is 2.88. The lowest BCUT2D eigenvalue weighted by Gasteiger charge is -2.34. The number of nitrogens with zero attached hydrogens (tertiary/aromatic N) is 2. The Hall–Kier alpha value is -1.30. The Bertz CT molecular complexity index is 431. The monoisotopic (exact) mass is 273 g/mol. The van der Waals surface area contributed by atoms with Crippen LogP contribution in [0.15, 0.2) is 18.3 Å². The van der Waals surface area contributed by atoms with Crippen LogP contribution in [0.4, 0.5) is 19.0 Å². The Kier molecular flexibility index (Phi) is 3.99. The van der Waals surface area contributed by atoms with E-state index < -0.39 is 12.1 Å². The fraction of sp³-hybridized carbons (Fsp3) is 0.615. The number of alkyl halides is 3. The third-order valence-electron chi connectivity index (χ3n) is 3.50. The molecule has 0 spiro atoms. The van der Waals surface area contributed by atoms with Crippen molar-refractivity contribution < 1.29 is 13.2 Å². The molecule has 0 aliphatic carbocycles. The first-order chi connectivity index (χ1) is 8.88. The van der Waals surface area contributed by atoms with Crippen molar-refractivity contribution in [3.05, 3.63) is 23.9 Å². The molecule has 1 aliphatic heterocycles. The van der Waals surface area contributed by atoms with Gasteiger partial charge >= 0.3 is 6.18 Å². The molecule has 6 heteroatoms. The second kappa shape index (κ2) is 5.36. The van der Waals surface area contributed by atoms with E-state index in [1.807, 2.05) is 6.92 Å². The Labute approximate surface area is 110 Å². The van der Waals surface area contributed by atoms with Gasteiger partial charge in [-0.1, -0.05) is 0 Å². The van der Waals surface area contributed by atoms with Gasteiger partial charge in [-0.15, -0.1) is 0 Å². The van der Waals surface area contributed by atoms with Gasteiger partial charge in [0.2, 0.25) is 0 Å². The summed E-state index contributed by atoms with van der Waals surface area (Å²) in [6.45, 7) is 2.44. The van der Waals surface area contributed by atoms with Gasteiger partial charge in [0, 0.05) is 25.3 Å². The zero-order chi connectivity index (χ0) is 14.0. The van der Waals surface area contributed by atoms with E-state index in [0.717, 1.165) is 5.56 Å². The van der Waals surface area contributed by atoms with Gasteiger partial charge in [-0.05, 0) is 37.5 Å². The third kappa shape index (κ3) is 3.37. The van der Waals surface area contributed by atoms with Crippen molar-refractivity contribution in [2.75, 3.05) is 18.0 Å². The molecule has 0 amide bonds. The predicted molar refractivity (Wildman–Crippen MR) is 67.8 cm³/mol.